The summed E-state index contributed by atoms with van der Waals surface area (Å²) in [5.74, 6) is 0.717. The maximum atomic E-state index is 2.54. The first-order chi connectivity index (χ1) is 10.2. The zero-order chi connectivity index (χ0) is 14.4. The lowest BCUT2D eigenvalue weighted by Crippen LogP contribution is -2.11. The largest absolute Gasteiger partial charge is 0.333 e. The summed E-state index contributed by atoms with van der Waals surface area (Å²) in [5.41, 5.74) is 2.73. The van der Waals surface area contributed by atoms with E-state index in [2.05, 4.69) is 88.7 Å². The van der Waals surface area contributed by atoms with Crippen molar-refractivity contribution in [2.24, 2.45) is 5.92 Å². The molecule has 0 aliphatic heterocycles. The molecule has 0 saturated carbocycles. The number of halogens is 1. The maximum absolute atomic E-state index is 2.54. The summed E-state index contributed by atoms with van der Waals surface area (Å²) in [4.78, 5) is 0. The Bertz CT molecular complexity index is 843. The number of allylic oxidation sites excluding steroid dienone is 2. The van der Waals surface area contributed by atoms with Crippen LogP contribution in [0, 0.1) is 9.49 Å². The summed E-state index contributed by atoms with van der Waals surface area (Å²) >= 11 is 2.41. The molecule has 0 fully saturated rings. The van der Waals surface area contributed by atoms with Crippen molar-refractivity contribution < 1.29 is 0 Å². The van der Waals surface area contributed by atoms with Crippen LogP contribution in [-0.2, 0) is 0 Å². The second-order valence-corrected chi connectivity index (χ2v) is 7.30. The molecule has 0 amide bonds. The molecule has 106 valence electrons. The van der Waals surface area contributed by atoms with E-state index >= 15 is 0 Å². The first kappa shape index (κ1) is 13.4. The molecule has 0 radical (unpaired) electrons. The van der Waals surface area contributed by atoms with Crippen molar-refractivity contribution in [3.63, 3.8) is 0 Å². The van der Waals surface area contributed by atoms with E-state index in [1.807, 2.05) is 0 Å². The van der Waals surface area contributed by atoms with Gasteiger partial charge in [0.15, 0.2) is 0 Å². The Morgan fingerprint density at radius 3 is 2.57 bits per heavy atom. The van der Waals surface area contributed by atoms with Gasteiger partial charge in [-0.3, -0.25) is 0 Å². The third kappa shape index (κ3) is 2.20. The molecule has 2 heteroatoms. The number of rotatable bonds is 1. The van der Waals surface area contributed by atoms with Gasteiger partial charge < -0.3 is 4.57 Å². The highest BCUT2D eigenvalue weighted by Crippen LogP contribution is 2.36. The van der Waals surface area contributed by atoms with Crippen LogP contribution in [-0.4, -0.2) is 4.57 Å². The molecule has 1 nitrogen and oxygen atoms in total. The summed E-state index contributed by atoms with van der Waals surface area (Å²) in [6.07, 6.45) is 7.29. The molecular formula is C19H18IN. The lowest BCUT2D eigenvalue weighted by molar-refractivity contribution is 0.479. The number of nitrogens with zero attached hydrogens (tertiary/aromatic N) is 1. The van der Waals surface area contributed by atoms with Gasteiger partial charge in [-0.1, -0.05) is 43.3 Å². The molecule has 1 aromatic heterocycles. The quantitative estimate of drug-likeness (QED) is 0.361. The van der Waals surface area contributed by atoms with Crippen molar-refractivity contribution in [3.05, 3.63) is 58.2 Å². The molecule has 1 aliphatic rings. The number of para-hydroxylation sites is 1. The minimum atomic E-state index is 0.488. The van der Waals surface area contributed by atoms with Gasteiger partial charge in [0.1, 0.15) is 0 Å². The van der Waals surface area contributed by atoms with Crippen LogP contribution in [0.25, 0.3) is 21.8 Å². The Balaban J connectivity index is 2.04. The average molecular weight is 387 g/mol. The van der Waals surface area contributed by atoms with E-state index in [4.69, 9.17) is 0 Å². The van der Waals surface area contributed by atoms with Gasteiger partial charge in [-0.05, 0) is 59.5 Å². The SMILES string of the molecule is CC1C=CC(n2c3ccccc3c3ccc(I)cc32)CC1. The summed E-state index contributed by atoms with van der Waals surface area (Å²) in [5, 5.41) is 2.74. The Kier molecular flexibility index (Phi) is 3.29. The molecule has 3 aromatic rings. The fourth-order valence-electron chi connectivity index (χ4n) is 3.49. The summed E-state index contributed by atoms with van der Waals surface area (Å²) in [6, 6.07) is 16.1. The zero-order valence-electron chi connectivity index (χ0n) is 12.1. The summed E-state index contributed by atoms with van der Waals surface area (Å²) in [7, 11) is 0. The molecule has 1 heterocycles. The van der Waals surface area contributed by atoms with Crippen molar-refractivity contribution in [2.75, 3.05) is 0 Å². The highest BCUT2D eigenvalue weighted by Gasteiger charge is 2.19. The van der Waals surface area contributed by atoms with E-state index in [0.29, 0.717) is 6.04 Å². The minimum Gasteiger partial charge on any atom is -0.333 e. The Morgan fingerprint density at radius 2 is 1.76 bits per heavy atom. The number of hydrogen-bond acceptors (Lipinski definition) is 0. The topological polar surface area (TPSA) is 4.93 Å². The first-order valence-corrected chi connectivity index (χ1v) is 8.68. The molecule has 0 saturated heterocycles. The highest BCUT2D eigenvalue weighted by molar-refractivity contribution is 14.1. The van der Waals surface area contributed by atoms with Crippen LogP contribution in [0.5, 0.6) is 0 Å². The number of hydrogen-bond donors (Lipinski definition) is 0. The minimum absolute atomic E-state index is 0.488. The van der Waals surface area contributed by atoms with Crippen LogP contribution in [0.2, 0.25) is 0 Å². The highest BCUT2D eigenvalue weighted by atomic mass is 127. The number of aromatic nitrogens is 1. The van der Waals surface area contributed by atoms with E-state index in [9.17, 15) is 0 Å². The van der Waals surface area contributed by atoms with Gasteiger partial charge in [-0.25, -0.2) is 0 Å². The maximum Gasteiger partial charge on any atom is 0.0523 e. The molecule has 0 spiro atoms. The number of fused-ring (bicyclic) bond motifs is 3. The van der Waals surface area contributed by atoms with E-state index in [-0.39, 0.29) is 0 Å². The predicted octanol–water partition coefficient (Wildman–Crippen LogP) is 5.93. The van der Waals surface area contributed by atoms with Gasteiger partial charge in [0.2, 0.25) is 0 Å². The van der Waals surface area contributed by atoms with Crippen molar-refractivity contribution in [2.45, 2.75) is 25.8 Å². The molecule has 2 unspecified atom stereocenters. The van der Waals surface area contributed by atoms with Gasteiger partial charge in [-0.15, -0.1) is 0 Å². The van der Waals surface area contributed by atoms with E-state index in [0.717, 1.165) is 5.92 Å². The molecule has 0 N–H and O–H groups in total. The lowest BCUT2D eigenvalue weighted by Gasteiger charge is -2.23. The molecule has 4 rings (SSSR count). The summed E-state index contributed by atoms with van der Waals surface area (Å²) in [6.45, 7) is 2.31. The van der Waals surface area contributed by atoms with Crippen molar-refractivity contribution in [1.82, 2.24) is 4.57 Å². The van der Waals surface area contributed by atoms with Crippen LogP contribution in [0.15, 0.2) is 54.6 Å². The van der Waals surface area contributed by atoms with Crippen molar-refractivity contribution in [1.29, 1.82) is 0 Å². The van der Waals surface area contributed by atoms with Crippen LogP contribution in [0.3, 0.4) is 0 Å². The van der Waals surface area contributed by atoms with Gasteiger partial charge in [0.05, 0.1) is 11.6 Å². The Hall–Kier alpha value is -1.29. The molecule has 2 atom stereocenters. The smallest absolute Gasteiger partial charge is 0.0523 e. The zero-order valence-corrected chi connectivity index (χ0v) is 14.2. The standard InChI is InChI=1S/C19H18IN/c1-13-6-9-15(10-7-13)21-18-5-3-2-4-16(18)17-11-8-14(20)12-19(17)21/h2-6,8-9,11-13,15H,7,10H2,1H3. The van der Waals surface area contributed by atoms with Crippen LogP contribution in [0.1, 0.15) is 25.8 Å². The second kappa shape index (κ2) is 5.16. The van der Waals surface area contributed by atoms with Gasteiger partial charge in [0.25, 0.3) is 0 Å². The van der Waals surface area contributed by atoms with E-state index in [1.54, 1.807) is 0 Å². The van der Waals surface area contributed by atoms with Gasteiger partial charge >= 0.3 is 0 Å². The predicted molar refractivity (Wildman–Crippen MR) is 98.7 cm³/mol. The van der Waals surface area contributed by atoms with E-state index < -0.39 is 0 Å². The lowest BCUT2D eigenvalue weighted by atomic mass is 9.94. The summed E-state index contributed by atoms with van der Waals surface area (Å²) < 4.78 is 3.84. The fourth-order valence-corrected chi connectivity index (χ4v) is 3.96. The molecule has 1 aliphatic carbocycles. The Morgan fingerprint density at radius 1 is 0.952 bits per heavy atom. The fraction of sp³-hybridized carbons (Fsp3) is 0.263. The molecule has 0 bridgehead atoms. The van der Waals surface area contributed by atoms with Crippen molar-refractivity contribution >= 4 is 44.4 Å². The monoisotopic (exact) mass is 387 g/mol. The van der Waals surface area contributed by atoms with Gasteiger partial charge in [0, 0.05) is 19.9 Å². The van der Waals surface area contributed by atoms with Gasteiger partial charge in [-0.2, -0.15) is 0 Å². The van der Waals surface area contributed by atoms with Crippen LogP contribution < -0.4 is 0 Å². The Labute approximate surface area is 138 Å². The average Bonchev–Trinajstić information content (AvgIpc) is 2.82. The normalized spacial score (nSPS) is 22.2. The molecular weight excluding hydrogens is 369 g/mol. The van der Waals surface area contributed by atoms with Crippen LogP contribution >= 0.6 is 22.6 Å². The third-order valence-electron chi connectivity index (χ3n) is 4.58. The third-order valence-corrected chi connectivity index (χ3v) is 5.26. The number of benzene rings is 2. The van der Waals surface area contributed by atoms with Crippen LogP contribution in [0.4, 0.5) is 0 Å². The first-order valence-electron chi connectivity index (χ1n) is 7.60. The second-order valence-electron chi connectivity index (χ2n) is 6.06. The molecule has 2 aromatic carbocycles. The molecule has 21 heavy (non-hydrogen) atoms. The van der Waals surface area contributed by atoms with Crippen molar-refractivity contribution in [3.8, 4) is 0 Å². The van der Waals surface area contributed by atoms with E-state index in [1.165, 1.54) is 38.2 Å².